The van der Waals surface area contributed by atoms with Crippen molar-refractivity contribution in [2.75, 3.05) is 13.2 Å². The predicted octanol–water partition coefficient (Wildman–Crippen LogP) is 2.09. The Bertz CT molecular complexity index is 363. The van der Waals surface area contributed by atoms with E-state index in [1.54, 1.807) is 0 Å². The van der Waals surface area contributed by atoms with Gasteiger partial charge in [-0.1, -0.05) is 24.3 Å². The molecular weight excluding hydrogens is 224 g/mol. The summed E-state index contributed by atoms with van der Waals surface area (Å²) in [5, 5.41) is 9.25. The second kappa shape index (κ2) is 6.88. The lowest BCUT2D eigenvalue weighted by Gasteiger charge is -2.38. The lowest BCUT2D eigenvalue weighted by Crippen LogP contribution is -2.44. The van der Waals surface area contributed by atoms with Gasteiger partial charge in [-0.25, -0.2) is 0 Å². The second-order valence-electron chi connectivity index (χ2n) is 5.22. The molecule has 2 atom stereocenters. The summed E-state index contributed by atoms with van der Waals surface area (Å²) in [5.74, 6) is 0. The monoisotopic (exact) mass is 250 g/mol. The molecule has 0 aliphatic rings. The number of aryl methyl sites for hydroxylation is 1. The number of aliphatic hydroxyl groups is 1. The molecule has 0 radical (unpaired) electrons. The predicted molar refractivity (Wildman–Crippen MR) is 76.5 cm³/mol. The number of hydrogen-bond donors (Lipinski definition) is 2. The molecular formula is C15H26N2O. The smallest absolute Gasteiger partial charge is 0.0558 e. The van der Waals surface area contributed by atoms with Crippen molar-refractivity contribution in [1.29, 1.82) is 0 Å². The van der Waals surface area contributed by atoms with Crippen LogP contribution in [-0.2, 0) is 0 Å². The van der Waals surface area contributed by atoms with Crippen LogP contribution >= 0.6 is 0 Å². The summed E-state index contributed by atoms with van der Waals surface area (Å²) in [5.41, 5.74) is 8.70. The normalized spacial score (nSPS) is 15.1. The second-order valence-corrected chi connectivity index (χ2v) is 5.22. The van der Waals surface area contributed by atoms with Crippen LogP contribution in [0.4, 0.5) is 0 Å². The minimum absolute atomic E-state index is 0.0278. The van der Waals surface area contributed by atoms with E-state index in [9.17, 15) is 5.11 Å². The van der Waals surface area contributed by atoms with Crippen LogP contribution in [0, 0.1) is 6.92 Å². The minimum Gasteiger partial charge on any atom is -0.395 e. The molecule has 0 aliphatic heterocycles. The first-order chi connectivity index (χ1) is 8.49. The molecule has 3 N–H and O–H groups in total. The zero-order chi connectivity index (χ0) is 13.7. The number of benzene rings is 1. The molecule has 3 heteroatoms. The summed E-state index contributed by atoms with van der Waals surface area (Å²) < 4.78 is 0. The molecule has 2 unspecified atom stereocenters. The molecule has 1 aromatic rings. The van der Waals surface area contributed by atoms with Gasteiger partial charge in [-0.2, -0.15) is 0 Å². The van der Waals surface area contributed by atoms with Crippen LogP contribution in [0.15, 0.2) is 24.3 Å². The maximum Gasteiger partial charge on any atom is 0.0558 e. The molecule has 0 amide bonds. The Hall–Kier alpha value is -0.900. The lowest BCUT2D eigenvalue weighted by atomic mass is 9.94. The number of aliphatic hydroxyl groups excluding tert-OH is 1. The third-order valence-corrected chi connectivity index (χ3v) is 3.38. The minimum atomic E-state index is 0.0278. The van der Waals surface area contributed by atoms with Crippen LogP contribution < -0.4 is 5.73 Å². The van der Waals surface area contributed by atoms with Crippen molar-refractivity contribution in [2.24, 2.45) is 5.73 Å². The van der Waals surface area contributed by atoms with Crippen LogP contribution in [0.5, 0.6) is 0 Å². The van der Waals surface area contributed by atoms with Crippen molar-refractivity contribution in [3.05, 3.63) is 35.4 Å². The van der Waals surface area contributed by atoms with Gasteiger partial charge < -0.3 is 10.8 Å². The molecule has 0 fully saturated rings. The maximum absolute atomic E-state index is 9.25. The summed E-state index contributed by atoms with van der Waals surface area (Å²) >= 11 is 0. The van der Waals surface area contributed by atoms with Crippen molar-refractivity contribution >= 4 is 0 Å². The van der Waals surface area contributed by atoms with Crippen molar-refractivity contribution in [3.63, 3.8) is 0 Å². The van der Waals surface area contributed by atoms with Crippen molar-refractivity contribution in [1.82, 2.24) is 4.90 Å². The first kappa shape index (κ1) is 15.2. The van der Waals surface area contributed by atoms with E-state index in [1.165, 1.54) is 11.1 Å². The third-order valence-electron chi connectivity index (χ3n) is 3.38. The molecule has 0 saturated carbocycles. The van der Waals surface area contributed by atoms with E-state index < -0.39 is 0 Å². The van der Waals surface area contributed by atoms with E-state index in [-0.39, 0.29) is 18.7 Å². The molecule has 0 heterocycles. The molecule has 0 spiro atoms. The van der Waals surface area contributed by atoms with E-state index in [2.05, 4.69) is 43.9 Å². The van der Waals surface area contributed by atoms with Crippen molar-refractivity contribution < 1.29 is 5.11 Å². The summed E-state index contributed by atoms with van der Waals surface area (Å²) in [6, 6.07) is 8.88. The van der Waals surface area contributed by atoms with Crippen LogP contribution in [0.25, 0.3) is 0 Å². The van der Waals surface area contributed by atoms with Gasteiger partial charge in [0, 0.05) is 18.6 Å². The van der Waals surface area contributed by atoms with E-state index in [1.807, 2.05) is 13.0 Å². The maximum atomic E-state index is 9.25. The standard InChI is InChI=1S/C15H26N2O/c1-11(2)17(9-10-18)15(13(4)16)14-8-6-5-7-12(14)3/h5-8,11,13,15,18H,9-10,16H2,1-4H3. The average molecular weight is 250 g/mol. The molecule has 0 aromatic heterocycles. The molecule has 0 aliphatic carbocycles. The topological polar surface area (TPSA) is 49.5 Å². The lowest BCUT2D eigenvalue weighted by molar-refractivity contribution is 0.105. The third kappa shape index (κ3) is 3.55. The highest BCUT2D eigenvalue weighted by molar-refractivity contribution is 5.30. The summed E-state index contributed by atoms with van der Waals surface area (Å²) in [6.07, 6.45) is 0. The molecule has 102 valence electrons. The Morgan fingerprint density at radius 1 is 1.22 bits per heavy atom. The fraction of sp³-hybridized carbons (Fsp3) is 0.600. The van der Waals surface area contributed by atoms with Crippen molar-refractivity contribution in [3.8, 4) is 0 Å². The summed E-state index contributed by atoms with van der Waals surface area (Å²) in [7, 11) is 0. The fourth-order valence-electron chi connectivity index (χ4n) is 2.52. The Morgan fingerprint density at radius 3 is 2.28 bits per heavy atom. The van der Waals surface area contributed by atoms with Crippen LogP contribution in [0.2, 0.25) is 0 Å². The first-order valence-corrected chi connectivity index (χ1v) is 6.66. The zero-order valence-electron chi connectivity index (χ0n) is 11.9. The quantitative estimate of drug-likeness (QED) is 0.813. The Kier molecular flexibility index (Phi) is 5.79. The Labute approximate surface area is 111 Å². The summed E-state index contributed by atoms with van der Waals surface area (Å²) in [6.45, 7) is 9.24. The number of nitrogens with zero attached hydrogens (tertiary/aromatic N) is 1. The highest BCUT2D eigenvalue weighted by atomic mass is 16.3. The van der Waals surface area contributed by atoms with E-state index in [4.69, 9.17) is 5.73 Å². The van der Waals surface area contributed by atoms with E-state index in [0.717, 1.165) is 0 Å². The van der Waals surface area contributed by atoms with Gasteiger partial charge in [-0.15, -0.1) is 0 Å². The van der Waals surface area contributed by atoms with Crippen LogP contribution in [0.3, 0.4) is 0 Å². The molecule has 0 saturated heterocycles. The molecule has 0 bridgehead atoms. The molecule has 18 heavy (non-hydrogen) atoms. The summed E-state index contributed by atoms with van der Waals surface area (Å²) in [4.78, 5) is 2.27. The number of rotatable bonds is 6. The SMILES string of the molecule is Cc1ccccc1C(C(C)N)N(CCO)C(C)C. The molecule has 1 rings (SSSR count). The van der Waals surface area contributed by atoms with Crippen LogP contribution in [-0.4, -0.2) is 35.2 Å². The highest BCUT2D eigenvalue weighted by Gasteiger charge is 2.26. The van der Waals surface area contributed by atoms with E-state index >= 15 is 0 Å². The van der Waals surface area contributed by atoms with Gasteiger partial charge in [0.25, 0.3) is 0 Å². The van der Waals surface area contributed by atoms with Gasteiger partial charge in [0.1, 0.15) is 0 Å². The van der Waals surface area contributed by atoms with Gasteiger partial charge in [0.15, 0.2) is 0 Å². The highest BCUT2D eigenvalue weighted by Crippen LogP contribution is 2.27. The van der Waals surface area contributed by atoms with Crippen LogP contribution in [0.1, 0.15) is 37.9 Å². The van der Waals surface area contributed by atoms with Gasteiger partial charge in [-0.05, 0) is 38.8 Å². The van der Waals surface area contributed by atoms with Gasteiger partial charge in [0.05, 0.1) is 12.6 Å². The zero-order valence-corrected chi connectivity index (χ0v) is 11.9. The van der Waals surface area contributed by atoms with Gasteiger partial charge in [-0.3, -0.25) is 4.90 Å². The number of hydrogen-bond acceptors (Lipinski definition) is 3. The molecule has 3 nitrogen and oxygen atoms in total. The molecule has 1 aromatic carbocycles. The van der Waals surface area contributed by atoms with Crippen molar-refractivity contribution in [2.45, 2.75) is 45.8 Å². The van der Waals surface area contributed by atoms with E-state index in [0.29, 0.717) is 12.6 Å². The first-order valence-electron chi connectivity index (χ1n) is 6.66. The average Bonchev–Trinajstić information content (AvgIpc) is 2.30. The fourth-order valence-corrected chi connectivity index (χ4v) is 2.52. The number of nitrogens with two attached hydrogens (primary N) is 1. The van der Waals surface area contributed by atoms with Gasteiger partial charge >= 0.3 is 0 Å². The largest absolute Gasteiger partial charge is 0.395 e. The van der Waals surface area contributed by atoms with Gasteiger partial charge in [0.2, 0.25) is 0 Å². The Balaban J connectivity index is 3.12. The Morgan fingerprint density at radius 2 is 1.83 bits per heavy atom.